The third-order valence-corrected chi connectivity index (χ3v) is 4.32. The van der Waals surface area contributed by atoms with Gasteiger partial charge in [-0.15, -0.1) is 0 Å². The molecule has 1 aliphatic carbocycles. The predicted molar refractivity (Wildman–Crippen MR) is 75.9 cm³/mol. The zero-order valence-corrected chi connectivity index (χ0v) is 12.8. The largest absolute Gasteiger partial charge is 0.419 e. The molecule has 0 bridgehead atoms. The molecule has 0 aliphatic heterocycles. The van der Waals surface area contributed by atoms with Crippen LogP contribution >= 0.6 is 0 Å². The molecule has 6 heteroatoms. The molecule has 3 nitrogen and oxygen atoms in total. The van der Waals surface area contributed by atoms with E-state index in [0.717, 1.165) is 38.2 Å². The van der Waals surface area contributed by atoms with E-state index < -0.39 is 11.7 Å². The van der Waals surface area contributed by atoms with Crippen molar-refractivity contribution in [1.82, 2.24) is 15.1 Å². The molecule has 120 valence electrons. The van der Waals surface area contributed by atoms with Crippen molar-refractivity contribution in [3.63, 3.8) is 0 Å². The number of nitrogens with one attached hydrogen (secondary N) is 1. The minimum Gasteiger partial charge on any atom is -0.312 e. The number of halogens is 3. The van der Waals surface area contributed by atoms with Crippen molar-refractivity contribution in [2.75, 3.05) is 6.54 Å². The van der Waals surface area contributed by atoms with Gasteiger partial charge in [0.2, 0.25) is 0 Å². The Morgan fingerprint density at radius 2 is 2.05 bits per heavy atom. The van der Waals surface area contributed by atoms with Crippen LogP contribution in [0.3, 0.4) is 0 Å². The molecule has 4 unspecified atom stereocenters. The van der Waals surface area contributed by atoms with Crippen LogP contribution in [0.15, 0.2) is 12.4 Å². The zero-order chi connectivity index (χ0) is 15.6. The Morgan fingerprint density at radius 3 is 2.62 bits per heavy atom. The molecule has 0 aromatic carbocycles. The molecule has 1 aliphatic rings. The lowest BCUT2D eigenvalue weighted by atomic mass is 9.76. The molecule has 0 amide bonds. The smallest absolute Gasteiger partial charge is 0.312 e. The van der Waals surface area contributed by atoms with Crippen molar-refractivity contribution in [2.24, 2.45) is 11.8 Å². The molecule has 1 saturated carbocycles. The summed E-state index contributed by atoms with van der Waals surface area (Å²) in [6.07, 6.45) is 0.778. The Bertz CT molecular complexity index is 455. The van der Waals surface area contributed by atoms with Crippen molar-refractivity contribution < 1.29 is 13.2 Å². The summed E-state index contributed by atoms with van der Waals surface area (Å²) in [4.78, 5) is 0. The first-order valence-corrected chi connectivity index (χ1v) is 7.67. The van der Waals surface area contributed by atoms with E-state index in [2.05, 4.69) is 31.2 Å². The van der Waals surface area contributed by atoms with Gasteiger partial charge in [-0.05, 0) is 37.6 Å². The topological polar surface area (TPSA) is 29.9 Å². The fraction of sp³-hybridized carbons (Fsp3) is 0.800. The summed E-state index contributed by atoms with van der Waals surface area (Å²) < 4.78 is 39.8. The maximum Gasteiger partial charge on any atom is 0.419 e. The van der Waals surface area contributed by atoms with Crippen LogP contribution in [0.2, 0.25) is 0 Å². The zero-order valence-electron chi connectivity index (χ0n) is 12.8. The van der Waals surface area contributed by atoms with E-state index in [4.69, 9.17) is 0 Å². The fourth-order valence-corrected chi connectivity index (χ4v) is 3.47. The second-order valence-electron chi connectivity index (χ2n) is 6.31. The molecule has 4 atom stereocenters. The molecule has 0 radical (unpaired) electrons. The SMILES string of the molecule is CCCNC1CC(C)CC(C)C1n1cc(C(F)(F)F)cn1. The third kappa shape index (κ3) is 3.78. The number of hydrogen-bond donors (Lipinski definition) is 1. The van der Waals surface area contributed by atoms with Gasteiger partial charge in [0.05, 0.1) is 17.8 Å². The van der Waals surface area contributed by atoms with E-state index in [-0.39, 0.29) is 12.1 Å². The molecular formula is C15H24F3N3. The molecule has 1 aromatic rings. The molecule has 1 heterocycles. The van der Waals surface area contributed by atoms with Crippen LogP contribution in [-0.2, 0) is 6.18 Å². The van der Waals surface area contributed by atoms with Crippen LogP contribution in [0, 0.1) is 11.8 Å². The van der Waals surface area contributed by atoms with Gasteiger partial charge in [-0.1, -0.05) is 20.8 Å². The first-order chi connectivity index (χ1) is 9.82. The van der Waals surface area contributed by atoms with Crippen LogP contribution < -0.4 is 5.32 Å². The summed E-state index contributed by atoms with van der Waals surface area (Å²) in [7, 11) is 0. The number of rotatable bonds is 4. The molecule has 0 saturated heterocycles. The second kappa shape index (κ2) is 6.38. The lowest BCUT2D eigenvalue weighted by Gasteiger charge is -2.40. The highest BCUT2D eigenvalue weighted by molar-refractivity contribution is 5.10. The minimum atomic E-state index is -4.32. The maximum absolute atomic E-state index is 12.8. The lowest BCUT2D eigenvalue weighted by Crippen LogP contribution is -2.45. The van der Waals surface area contributed by atoms with Gasteiger partial charge in [0.15, 0.2) is 0 Å². The third-order valence-electron chi connectivity index (χ3n) is 4.32. The van der Waals surface area contributed by atoms with Crippen molar-refractivity contribution in [3.8, 4) is 0 Å². The van der Waals surface area contributed by atoms with Gasteiger partial charge in [0.25, 0.3) is 0 Å². The highest BCUT2D eigenvalue weighted by Gasteiger charge is 2.38. The Kier molecular flexibility index (Phi) is 4.96. The number of alkyl halides is 3. The Hall–Kier alpha value is -1.04. The van der Waals surface area contributed by atoms with Crippen LogP contribution in [0.1, 0.15) is 51.6 Å². The highest BCUT2D eigenvalue weighted by atomic mass is 19.4. The van der Waals surface area contributed by atoms with Crippen LogP contribution in [0.4, 0.5) is 13.2 Å². The summed E-state index contributed by atoms with van der Waals surface area (Å²) in [5.41, 5.74) is -0.664. The predicted octanol–water partition coefficient (Wildman–Crippen LogP) is 3.88. The molecule has 1 N–H and O–H groups in total. The summed E-state index contributed by atoms with van der Waals surface area (Å²) in [5, 5.41) is 7.48. The first-order valence-electron chi connectivity index (χ1n) is 7.67. The average Bonchev–Trinajstić information content (AvgIpc) is 2.84. The van der Waals surface area contributed by atoms with Crippen LogP contribution in [0.25, 0.3) is 0 Å². The number of nitrogens with zero attached hydrogens (tertiary/aromatic N) is 2. The van der Waals surface area contributed by atoms with Crippen molar-refractivity contribution >= 4 is 0 Å². The van der Waals surface area contributed by atoms with Crippen LogP contribution in [-0.4, -0.2) is 22.4 Å². The highest BCUT2D eigenvalue weighted by Crippen LogP contribution is 2.38. The lowest BCUT2D eigenvalue weighted by molar-refractivity contribution is -0.137. The van der Waals surface area contributed by atoms with Gasteiger partial charge < -0.3 is 5.32 Å². The molecule has 2 rings (SSSR count). The summed E-state index contributed by atoms with van der Waals surface area (Å²) >= 11 is 0. The number of aromatic nitrogens is 2. The minimum absolute atomic E-state index is 0.0103. The van der Waals surface area contributed by atoms with E-state index in [1.54, 1.807) is 0 Å². The van der Waals surface area contributed by atoms with E-state index in [9.17, 15) is 13.2 Å². The normalized spacial score (nSPS) is 30.6. The Labute approximate surface area is 123 Å². The molecule has 1 aromatic heterocycles. The molecule has 1 fully saturated rings. The van der Waals surface area contributed by atoms with E-state index in [0.29, 0.717) is 11.8 Å². The maximum atomic E-state index is 12.8. The fourth-order valence-electron chi connectivity index (χ4n) is 3.47. The second-order valence-corrected chi connectivity index (χ2v) is 6.31. The summed E-state index contributed by atoms with van der Waals surface area (Å²) in [6, 6.07) is 0.175. The van der Waals surface area contributed by atoms with Crippen molar-refractivity contribution in [1.29, 1.82) is 0 Å². The Morgan fingerprint density at radius 1 is 1.33 bits per heavy atom. The Balaban J connectivity index is 2.22. The van der Waals surface area contributed by atoms with E-state index in [1.807, 2.05) is 0 Å². The first kappa shape index (κ1) is 16.3. The van der Waals surface area contributed by atoms with Gasteiger partial charge in [-0.25, -0.2) is 0 Å². The average molecular weight is 303 g/mol. The van der Waals surface area contributed by atoms with Gasteiger partial charge in [0.1, 0.15) is 0 Å². The molecular weight excluding hydrogens is 279 g/mol. The van der Waals surface area contributed by atoms with Gasteiger partial charge in [-0.2, -0.15) is 18.3 Å². The molecule has 21 heavy (non-hydrogen) atoms. The van der Waals surface area contributed by atoms with E-state index >= 15 is 0 Å². The van der Waals surface area contributed by atoms with E-state index in [1.165, 1.54) is 4.68 Å². The van der Waals surface area contributed by atoms with Gasteiger partial charge in [0, 0.05) is 12.2 Å². The standard InChI is InChI=1S/C15H24F3N3/c1-4-5-19-13-7-10(2)6-11(3)14(13)21-9-12(8-20-21)15(16,17)18/h8-11,13-14,19H,4-7H2,1-3H3. The summed E-state index contributed by atoms with van der Waals surface area (Å²) in [5.74, 6) is 0.896. The van der Waals surface area contributed by atoms with Gasteiger partial charge >= 0.3 is 6.18 Å². The monoisotopic (exact) mass is 303 g/mol. The van der Waals surface area contributed by atoms with Crippen molar-refractivity contribution in [3.05, 3.63) is 18.0 Å². The van der Waals surface area contributed by atoms with Crippen LogP contribution in [0.5, 0.6) is 0 Å². The summed E-state index contributed by atoms with van der Waals surface area (Å²) in [6.45, 7) is 7.29. The van der Waals surface area contributed by atoms with Crippen molar-refractivity contribution in [2.45, 2.75) is 58.3 Å². The quantitative estimate of drug-likeness (QED) is 0.915. The van der Waals surface area contributed by atoms with Gasteiger partial charge in [-0.3, -0.25) is 4.68 Å². The molecule has 0 spiro atoms. The number of hydrogen-bond acceptors (Lipinski definition) is 2.